The van der Waals surface area contributed by atoms with Gasteiger partial charge in [-0.25, -0.2) is 0 Å². The number of ether oxygens (including phenoxy) is 4. The van der Waals surface area contributed by atoms with Crippen LogP contribution in [0.3, 0.4) is 0 Å². The summed E-state index contributed by atoms with van der Waals surface area (Å²) in [5.41, 5.74) is 3.90. The Hall–Kier alpha value is -3.04. The monoisotopic (exact) mass is 468 g/mol. The standard InChI is InChI=1S/C26H29NO6.H3N/c1-5-13-28-17-7-9-20(22(15-17)29-14-6-2)26-16-30-23-18-11-12-25(3,4)31-21(18)10-8-19(23)24(26)32-27-33-26;/h6-12,15,24,27H,2,5,13-14,16H2,1,3-4H3;1H3. The Balaban J connectivity index is 0.00000274. The number of hydrogen-bond donors (Lipinski definition) is 2. The lowest BCUT2D eigenvalue weighted by Crippen LogP contribution is -2.42. The van der Waals surface area contributed by atoms with Crippen molar-refractivity contribution in [3.63, 3.8) is 0 Å². The molecule has 2 unspecified atom stereocenters. The maximum atomic E-state index is 6.33. The Bertz CT molecular complexity index is 1100. The first-order chi connectivity index (χ1) is 16.0. The highest BCUT2D eigenvalue weighted by Gasteiger charge is 2.55. The van der Waals surface area contributed by atoms with Crippen molar-refractivity contribution in [3.8, 4) is 23.0 Å². The van der Waals surface area contributed by atoms with E-state index >= 15 is 0 Å². The molecule has 8 nitrogen and oxygen atoms in total. The van der Waals surface area contributed by atoms with Gasteiger partial charge in [0.25, 0.3) is 0 Å². The van der Waals surface area contributed by atoms with E-state index in [9.17, 15) is 0 Å². The summed E-state index contributed by atoms with van der Waals surface area (Å²) >= 11 is 0. The molecule has 0 spiro atoms. The maximum absolute atomic E-state index is 6.33. The summed E-state index contributed by atoms with van der Waals surface area (Å²) in [5.74, 6) is 2.89. The molecule has 1 fully saturated rings. The van der Waals surface area contributed by atoms with Gasteiger partial charge in [-0.05, 0) is 56.7 Å². The van der Waals surface area contributed by atoms with Gasteiger partial charge in [0.2, 0.25) is 0 Å². The molecule has 0 aromatic heterocycles. The van der Waals surface area contributed by atoms with Crippen LogP contribution in [0.15, 0.2) is 49.1 Å². The van der Waals surface area contributed by atoms with Crippen molar-refractivity contribution in [2.45, 2.75) is 44.5 Å². The maximum Gasteiger partial charge on any atom is 0.187 e. The number of hydrogen-bond acceptors (Lipinski definition) is 8. The summed E-state index contributed by atoms with van der Waals surface area (Å²) in [4.78, 5) is 11.9. The number of rotatable bonds is 7. The van der Waals surface area contributed by atoms with Crippen LogP contribution in [-0.2, 0) is 15.3 Å². The van der Waals surface area contributed by atoms with Gasteiger partial charge in [0.15, 0.2) is 5.60 Å². The molecule has 4 N–H and O–H groups in total. The van der Waals surface area contributed by atoms with Crippen molar-refractivity contribution in [2.75, 3.05) is 19.8 Å². The SMILES string of the molecule is C=CCOc1cc(OCCC)ccc1C12COc3c(ccc4c3C=CC(C)(C)O4)C1ONO2.N. The molecule has 0 radical (unpaired) electrons. The van der Waals surface area contributed by atoms with Crippen LogP contribution in [0.1, 0.15) is 50.0 Å². The molecule has 2 aromatic carbocycles. The average molecular weight is 469 g/mol. The van der Waals surface area contributed by atoms with Gasteiger partial charge in [-0.15, -0.1) is 0 Å². The second-order valence-corrected chi connectivity index (χ2v) is 8.90. The fourth-order valence-electron chi connectivity index (χ4n) is 4.41. The third-order valence-corrected chi connectivity index (χ3v) is 5.98. The third-order valence-electron chi connectivity index (χ3n) is 5.98. The van der Waals surface area contributed by atoms with Crippen LogP contribution < -0.4 is 30.7 Å². The first-order valence-corrected chi connectivity index (χ1v) is 11.2. The summed E-state index contributed by atoms with van der Waals surface area (Å²) in [6.45, 7) is 11.1. The predicted octanol–water partition coefficient (Wildman–Crippen LogP) is 5.18. The van der Waals surface area contributed by atoms with Crippen molar-refractivity contribution in [1.29, 1.82) is 0 Å². The van der Waals surface area contributed by atoms with Crippen LogP contribution in [0, 0.1) is 0 Å². The Labute approximate surface area is 199 Å². The molecule has 5 rings (SSSR count). The van der Waals surface area contributed by atoms with Crippen molar-refractivity contribution in [3.05, 3.63) is 65.8 Å². The van der Waals surface area contributed by atoms with Crippen LogP contribution in [0.4, 0.5) is 0 Å². The summed E-state index contributed by atoms with van der Waals surface area (Å²) in [7, 11) is 0. The summed E-state index contributed by atoms with van der Waals surface area (Å²) in [5, 5.41) is 0. The Morgan fingerprint density at radius 1 is 1.21 bits per heavy atom. The van der Waals surface area contributed by atoms with Gasteiger partial charge < -0.3 is 25.1 Å². The number of nitrogens with one attached hydrogen (secondary N) is 1. The molecular formula is C26H32N2O6. The highest BCUT2D eigenvalue weighted by molar-refractivity contribution is 5.70. The summed E-state index contributed by atoms with van der Waals surface area (Å²) in [6.07, 6.45) is 6.24. The van der Waals surface area contributed by atoms with E-state index in [-0.39, 0.29) is 18.4 Å². The average Bonchev–Trinajstić information content (AvgIpc) is 3.25. The molecule has 2 aromatic rings. The van der Waals surface area contributed by atoms with Gasteiger partial charge in [0.1, 0.15) is 47.9 Å². The molecule has 3 aliphatic heterocycles. The molecular weight excluding hydrogens is 436 g/mol. The largest absolute Gasteiger partial charge is 0.493 e. The van der Waals surface area contributed by atoms with Gasteiger partial charge >= 0.3 is 0 Å². The Morgan fingerprint density at radius 3 is 2.85 bits per heavy atom. The van der Waals surface area contributed by atoms with Crippen LogP contribution in [0.2, 0.25) is 0 Å². The van der Waals surface area contributed by atoms with E-state index in [0.29, 0.717) is 19.0 Å². The molecule has 0 bridgehead atoms. The van der Waals surface area contributed by atoms with Gasteiger partial charge in [0, 0.05) is 17.2 Å². The van der Waals surface area contributed by atoms with E-state index in [2.05, 4.69) is 19.1 Å². The van der Waals surface area contributed by atoms with Gasteiger partial charge in [-0.2, -0.15) is 0 Å². The minimum atomic E-state index is -0.945. The quantitative estimate of drug-likeness (QED) is 0.536. The van der Waals surface area contributed by atoms with E-state index in [1.807, 2.05) is 56.3 Å². The minimum absolute atomic E-state index is 0. The lowest BCUT2D eigenvalue weighted by Gasteiger charge is -2.38. The molecule has 182 valence electrons. The molecule has 34 heavy (non-hydrogen) atoms. The Morgan fingerprint density at radius 2 is 2.06 bits per heavy atom. The number of fused-ring (bicyclic) bond motifs is 5. The third kappa shape index (κ3) is 4.03. The van der Waals surface area contributed by atoms with Crippen LogP contribution in [0.5, 0.6) is 23.0 Å². The predicted molar refractivity (Wildman–Crippen MR) is 128 cm³/mol. The smallest absolute Gasteiger partial charge is 0.187 e. The molecule has 3 heterocycles. The van der Waals surface area contributed by atoms with Gasteiger partial charge in [-0.1, -0.05) is 25.2 Å². The fraction of sp³-hybridized carbons (Fsp3) is 0.385. The van der Waals surface area contributed by atoms with Crippen LogP contribution >= 0.6 is 0 Å². The van der Waals surface area contributed by atoms with Crippen LogP contribution in [-0.4, -0.2) is 25.4 Å². The number of benzene rings is 2. The zero-order valence-corrected chi connectivity index (χ0v) is 19.9. The molecule has 0 aliphatic carbocycles. The Kier molecular flexibility index (Phi) is 6.60. The van der Waals surface area contributed by atoms with Gasteiger partial charge in [-0.3, -0.25) is 9.68 Å². The second kappa shape index (κ2) is 9.31. The summed E-state index contributed by atoms with van der Waals surface area (Å²) < 4.78 is 24.3. The van der Waals surface area contributed by atoms with Gasteiger partial charge in [0.05, 0.1) is 12.2 Å². The topological polar surface area (TPSA) is 102 Å². The van der Waals surface area contributed by atoms with Crippen molar-refractivity contribution >= 4 is 6.08 Å². The minimum Gasteiger partial charge on any atom is -0.493 e. The fourth-order valence-corrected chi connectivity index (χ4v) is 4.41. The molecule has 8 heteroatoms. The normalized spacial score (nSPS) is 23.3. The molecule has 1 saturated heterocycles. The first kappa shape index (κ1) is 24.1. The zero-order chi connectivity index (χ0) is 23.1. The second-order valence-electron chi connectivity index (χ2n) is 8.90. The van der Waals surface area contributed by atoms with E-state index in [1.165, 1.54) is 0 Å². The van der Waals surface area contributed by atoms with Crippen molar-refractivity contribution in [2.24, 2.45) is 0 Å². The summed E-state index contributed by atoms with van der Waals surface area (Å²) in [6, 6.07) is 9.67. The molecule has 0 saturated carbocycles. The highest BCUT2D eigenvalue weighted by Crippen LogP contribution is 2.55. The molecule has 0 amide bonds. The molecule has 2 atom stereocenters. The van der Waals surface area contributed by atoms with E-state index in [4.69, 9.17) is 28.6 Å². The lowest BCUT2D eigenvalue weighted by atomic mass is 9.81. The van der Waals surface area contributed by atoms with E-state index in [1.54, 1.807) is 6.08 Å². The van der Waals surface area contributed by atoms with Crippen molar-refractivity contribution < 1.29 is 28.6 Å². The van der Waals surface area contributed by atoms with Crippen LogP contribution in [0.25, 0.3) is 6.08 Å². The molecule has 3 aliphatic rings. The zero-order valence-electron chi connectivity index (χ0n) is 19.9. The van der Waals surface area contributed by atoms with E-state index in [0.717, 1.165) is 40.4 Å². The first-order valence-electron chi connectivity index (χ1n) is 11.2. The van der Waals surface area contributed by atoms with E-state index < -0.39 is 11.7 Å². The highest BCUT2D eigenvalue weighted by atomic mass is 17.0. The lowest BCUT2D eigenvalue weighted by molar-refractivity contribution is -0.127. The van der Waals surface area contributed by atoms with Crippen molar-refractivity contribution in [1.82, 2.24) is 11.8 Å².